The molecule has 0 bridgehead atoms. The van der Waals surface area contributed by atoms with Gasteiger partial charge in [-0.1, -0.05) is 32.9 Å². The minimum Gasteiger partial charge on any atom is -0.370 e. The lowest BCUT2D eigenvalue weighted by Gasteiger charge is -2.32. The second kappa shape index (κ2) is 4.57. The summed E-state index contributed by atoms with van der Waals surface area (Å²) in [5.74, 6) is 0. The van der Waals surface area contributed by atoms with Crippen LogP contribution < -0.4 is 5.32 Å². The van der Waals surface area contributed by atoms with Gasteiger partial charge in [-0.2, -0.15) is 0 Å². The fourth-order valence-corrected chi connectivity index (χ4v) is 3.87. The molecular formula is C19H27NO. The third-order valence-corrected chi connectivity index (χ3v) is 5.52. The van der Waals surface area contributed by atoms with Crippen molar-refractivity contribution in [2.75, 3.05) is 6.54 Å². The van der Waals surface area contributed by atoms with Gasteiger partial charge in [-0.3, -0.25) is 0 Å². The van der Waals surface area contributed by atoms with Crippen LogP contribution in [0.25, 0.3) is 0 Å². The van der Waals surface area contributed by atoms with Crippen molar-refractivity contribution < 1.29 is 4.74 Å². The van der Waals surface area contributed by atoms with E-state index in [1.165, 1.54) is 42.4 Å². The van der Waals surface area contributed by atoms with Crippen molar-refractivity contribution in [1.82, 2.24) is 5.32 Å². The highest BCUT2D eigenvalue weighted by Gasteiger charge is 2.47. The smallest absolute Gasteiger partial charge is 0.0730 e. The molecule has 0 radical (unpaired) electrons. The van der Waals surface area contributed by atoms with Crippen LogP contribution in [0.4, 0.5) is 0 Å². The quantitative estimate of drug-likeness (QED) is 0.841. The summed E-state index contributed by atoms with van der Waals surface area (Å²) in [5, 5.41) is 3.68. The molecule has 2 heterocycles. The SMILES string of the molecule is CC(C)(C)c1cc2c(c([C@H]3CCCN3)c1)COC1(CC1)C2. The molecule has 114 valence electrons. The zero-order chi connectivity index (χ0) is 14.7. The maximum Gasteiger partial charge on any atom is 0.0730 e. The summed E-state index contributed by atoms with van der Waals surface area (Å²) in [4.78, 5) is 0. The van der Waals surface area contributed by atoms with Crippen LogP contribution in [-0.2, 0) is 23.2 Å². The van der Waals surface area contributed by atoms with Gasteiger partial charge in [0, 0.05) is 12.5 Å². The van der Waals surface area contributed by atoms with Gasteiger partial charge in [0.05, 0.1) is 12.2 Å². The van der Waals surface area contributed by atoms with Gasteiger partial charge in [0.25, 0.3) is 0 Å². The summed E-state index contributed by atoms with van der Waals surface area (Å²) >= 11 is 0. The van der Waals surface area contributed by atoms with E-state index in [0.29, 0.717) is 6.04 Å². The minimum absolute atomic E-state index is 0.212. The van der Waals surface area contributed by atoms with Crippen molar-refractivity contribution in [1.29, 1.82) is 0 Å². The third kappa shape index (κ3) is 2.43. The van der Waals surface area contributed by atoms with Gasteiger partial charge in [0.2, 0.25) is 0 Å². The van der Waals surface area contributed by atoms with Gasteiger partial charge in [-0.25, -0.2) is 0 Å². The zero-order valence-corrected chi connectivity index (χ0v) is 13.6. The predicted molar refractivity (Wildman–Crippen MR) is 85.6 cm³/mol. The molecule has 1 aliphatic carbocycles. The Hall–Kier alpha value is -0.860. The molecule has 0 unspecified atom stereocenters. The van der Waals surface area contributed by atoms with Crippen molar-refractivity contribution in [3.8, 4) is 0 Å². The van der Waals surface area contributed by atoms with E-state index < -0.39 is 0 Å². The highest BCUT2D eigenvalue weighted by Crippen LogP contribution is 2.48. The number of nitrogens with one attached hydrogen (secondary N) is 1. The number of hydrogen-bond donors (Lipinski definition) is 1. The number of hydrogen-bond acceptors (Lipinski definition) is 2. The summed E-state index contributed by atoms with van der Waals surface area (Å²) in [7, 11) is 0. The van der Waals surface area contributed by atoms with Crippen molar-refractivity contribution in [3.05, 3.63) is 34.4 Å². The molecule has 4 rings (SSSR count). The van der Waals surface area contributed by atoms with Gasteiger partial charge in [0.1, 0.15) is 0 Å². The van der Waals surface area contributed by atoms with E-state index in [9.17, 15) is 0 Å². The minimum atomic E-state index is 0.212. The van der Waals surface area contributed by atoms with Crippen LogP contribution in [0.5, 0.6) is 0 Å². The Morgan fingerprint density at radius 2 is 2.05 bits per heavy atom. The molecule has 0 aromatic heterocycles. The van der Waals surface area contributed by atoms with Crippen LogP contribution in [0.1, 0.15) is 74.8 Å². The van der Waals surface area contributed by atoms with Crippen molar-refractivity contribution >= 4 is 0 Å². The largest absolute Gasteiger partial charge is 0.370 e. The Labute approximate surface area is 128 Å². The predicted octanol–water partition coefficient (Wildman–Crippen LogP) is 4.01. The normalized spacial score (nSPS) is 26.9. The maximum atomic E-state index is 6.20. The Kier molecular flexibility index (Phi) is 3.00. The van der Waals surface area contributed by atoms with E-state index in [4.69, 9.17) is 4.74 Å². The highest BCUT2D eigenvalue weighted by atomic mass is 16.5. The lowest BCUT2D eigenvalue weighted by Crippen LogP contribution is -2.28. The fourth-order valence-electron chi connectivity index (χ4n) is 3.87. The molecule has 1 spiro atoms. The van der Waals surface area contributed by atoms with Gasteiger partial charge >= 0.3 is 0 Å². The number of benzene rings is 1. The molecule has 2 fully saturated rings. The lowest BCUT2D eigenvalue weighted by atomic mass is 9.80. The molecule has 1 saturated carbocycles. The molecule has 3 aliphatic rings. The zero-order valence-electron chi connectivity index (χ0n) is 13.6. The number of rotatable bonds is 1. The maximum absolute atomic E-state index is 6.20. The van der Waals surface area contributed by atoms with E-state index in [1.54, 1.807) is 5.56 Å². The van der Waals surface area contributed by atoms with Crippen LogP contribution in [0, 0.1) is 0 Å². The van der Waals surface area contributed by atoms with Gasteiger partial charge in [0.15, 0.2) is 0 Å². The second-order valence-corrected chi connectivity index (χ2v) is 8.25. The Bertz CT molecular complexity index is 560. The third-order valence-electron chi connectivity index (χ3n) is 5.52. The standard InChI is InChI=1S/C19H27NO/c1-18(2,3)14-9-13-11-19(6-7-19)21-12-16(13)15(10-14)17-5-4-8-20-17/h9-10,17,20H,4-8,11-12H2,1-3H3/t17-/m1/s1. The molecule has 21 heavy (non-hydrogen) atoms. The Morgan fingerprint density at radius 3 is 2.67 bits per heavy atom. The van der Waals surface area contributed by atoms with Crippen molar-refractivity contribution in [2.45, 2.75) is 76.5 Å². The van der Waals surface area contributed by atoms with Crippen LogP contribution >= 0.6 is 0 Å². The lowest BCUT2D eigenvalue weighted by molar-refractivity contribution is 0.00743. The monoisotopic (exact) mass is 285 g/mol. The van der Waals surface area contributed by atoms with Gasteiger partial charge in [-0.05, 0) is 59.9 Å². The fraction of sp³-hybridized carbons (Fsp3) is 0.684. The first-order chi connectivity index (χ1) is 9.97. The summed E-state index contributed by atoms with van der Waals surface area (Å²) in [6, 6.07) is 5.46. The van der Waals surface area contributed by atoms with Gasteiger partial charge in [-0.15, -0.1) is 0 Å². The Morgan fingerprint density at radius 1 is 1.24 bits per heavy atom. The molecule has 0 amide bonds. The van der Waals surface area contributed by atoms with E-state index >= 15 is 0 Å². The average Bonchev–Trinajstić information content (AvgIpc) is 2.98. The summed E-state index contributed by atoms with van der Waals surface area (Å²) in [6.45, 7) is 8.96. The molecule has 2 aliphatic heterocycles. The molecule has 2 nitrogen and oxygen atoms in total. The summed E-state index contributed by atoms with van der Waals surface area (Å²) < 4.78 is 6.20. The molecule has 1 N–H and O–H groups in total. The molecule has 1 aromatic rings. The number of ether oxygens (including phenoxy) is 1. The molecule has 2 heteroatoms. The van der Waals surface area contributed by atoms with E-state index in [0.717, 1.165) is 19.6 Å². The van der Waals surface area contributed by atoms with Crippen LogP contribution in [0.15, 0.2) is 12.1 Å². The number of fused-ring (bicyclic) bond motifs is 1. The Balaban J connectivity index is 1.80. The first kappa shape index (κ1) is 13.8. The van der Waals surface area contributed by atoms with E-state index in [-0.39, 0.29) is 11.0 Å². The van der Waals surface area contributed by atoms with E-state index in [1.807, 2.05) is 0 Å². The summed E-state index contributed by atoms with van der Waals surface area (Å²) in [6.07, 6.45) is 6.20. The molecular weight excluding hydrogens is 258 g/mol. The first-order valence-electron chi connectivity index (χ1n) is 8.50. The van der Waals surface area contributed by atoms with E-state index in [2.05, 4.69) is 38.2 Å². The second-order valence-electron chi connectivity index (χ2n) is 8.25. The van der Waals surface area contributed by atoms with Crippen LogP contribution in [0.2, 0.25) is 0 Å². The molecule has 1 atom stereocenters. The van der Waals surface area contributed by atoms with Crippen molar-refractivity contribution in [2.24, 2.45) is 0 Å². The van der Waals surface area contributed by atoms with Crippen LogP contribution in [0.3, 0.4) is 0 Å². The molecule has 1 saturated heterocycles. The summed E-state index contributed by atoms with van der Waals surface area (Å²) in [5.41, 5.74) is 6.49. The van der Waals surface area contributed by atoms with Crippen LogP contribution in [-0.4, -0.2) is 12.1 Å². The topological polar surface area (TPSA) is 21.3 Å². The highest BCUT2D eigenvalue weighted by molar-refractivity contribution is 5.45. The first-order valence-corrected chi connectivity index (χ1v) is 8.50. The average molecular weight is 285 g/mol. The molecule has 1 aromatic carbocycles. The van der Waals surface area contributed by atoms with Gasteiger partial charge < -0.3 is 10.1 Å². The van der Waals surface area contributed by atoms with Crippen molar-refractivity contribution in [3.63, 3.8) is 0 Å².